The molecule has 2 rings (SSSR count). The van der Waals surface area contributed by atoms with E-state index in [9.17, 15) is 8.42 Å². The molecule has 0 radical (unpaired) electrons. The van der Waals surface area contributed by atoms with Gasteiger partial charge in [0, 0.05) is 12.3 Å². The molecule has 1 aromatic rings. The number of hydrogen-bond acceptors (Lipinski definition) is 4. The second-order valence-corrected chi connectivity index (χ2v) is 6.74. The third-order valence-electron chi connectivity index (χ3n) is 3.27. The monoisotopic (exact) mass is 269 g/mol. The van der Waals surface area contributed by atoms with Crippen LogP contribution in [0, 0.1) is 0 Å². The topological polar surface area (TPSA) is 55.4 Å². The average Bonchev–Trinajstić information content (AvgIpc) is 2.80. The van der Waals surface area contributed by atoms with Gasteiger partial charge in [0.15, 0.2) is 9.84 Å². The van der Waals surface area contributed by atoms with Crippen LogP contribution < -0.4 is 10.1 Å². The van der Waals surface area contributed by atoms with Gasteiger partial charge in [-0.1, -0.05) is 6.07 Å². The van der Waals surface area contributed by atoms with Crippen molar-refractivity contribution in [1.82, 2.24) is 5.32 Å². The van der Waals surface area contributed by atoms with Gasteiger partial charge in [0.25, 0.3) is 0 Å². The summed E-state index contributed by atoms with van der Waals surface area (Å²) in [6.45, 7) is 1.07. The van der Waals surface area contributed by atoms with Crippen molar-refractivity contribution in [3.63, 3.8) is 0 Å². The van der Waals surface area contributed by atoms with Crippen LogP contribution in [0.3, 0.4) is 0 Å². The van der Waals surface area contributed by atoms with Crippen molar-refractivity contribution in [2.24, 2.45) is 0 Å². The second kappa shape index (κ2) is 5.28. The maximum atomic E-state index is 11.6. The Morgan fingerprint density at radius 3 is 2.78 bits per heavy atom. The van der Waals surface area contributed by atoms with E-state index in [1.54, 1.807) is 6.07 Å². The lowest BCUT2D eigenvalue weighted by Gasteiger charge is -2.13. The first-order valence-corrected chi connectivity index (χ1v) is 8.00. The molecule has 0 aliphatic carbocycles. The van der Waals surface area contributed by atoms with Crippen molar-refractivity contribution in [2.75, 3.05) is 19.9 Å². The summed E-state index contributed by atoms with van der Waals surface area (Å²) >= 11 is 0. The zero-order valence-corrected chi connectivity index (χ0v) is 11.6. The smallest absolute Gasteiger partial charge is 0.179 e. The predicted molar refractivity (Wildman–Crippen MR) is 70.8 cm³/mol. The number of nitrogens with one attached hydrogen (secondary N) is 1. The molecule has 1 N–H and O–H groups in total. The van der Waals surface area contributed by atoms with Crippen LogP contribution in [0.15, 0.2) is 23.1 Å². The van der Waals surface area contributed by atoms with Crippen LogP contribution in [-0.2, 0) is 16.3 Å². The maximum absolute atomic E-state index is 11.6. The van der Waals surface area contributed by atoms with Gasteiger partial charge >= 0.3 is 0 Å². The van der Waals surface area contributed by atoms with Crippen LogP contribution in [0.4, 0.5) is 0 Å². The van der Waals surface area contributed by atoms with Crippen LogP contribution in [-0.4, -0.2) is 34.4 Å². The van der Waals surface area contributed by atoms with Crippen molar-refractivity contribution >= 4 is 9.84 Å². The number of ether oxygens (including phenoxy) is 1. The van der Waals surface area contributed by atoms with E-state index in [1.165, 1.54) is 26.2 Å². The highest BCUT2D eigenvalue weighted by atomic mass is 32.2. The summed E-state index contributed by atoms with van der Waals surface area (Å²) in [6, 6.07) is 5.84. The Morgan fingerprint density at radius 2 is 2.22 bits per heavy atom. The first-order chi connectivity index (χ1) is 8.50. The van der Waals surface area contributed by atoms with E-state index in [0.717, 1.165) is 18.5 Å². The van der Waals surface area contributed by atoms with Crippen molar-refractivity contribution < 1.29 is 13.2 Å². The first kappa shape index (κ1) is 13.4. The molecule has 0 spiro atoms. The number of hydrogen-bond donors (Lipinski definition) is 1. The molecule has 1 aromatic carbocycles. The number of sulfone groups is 1. The lowest BCUT2D eigenvalue weighted by atomic mass is 10.0. The quantitative estimate of drug-likeness (QED) is 0.897. The molecule has 1 aliphatic heterocycles. The lowest BCUT2D eigenvalue weighted by Crippen LogP contribution is -2.23. The SMILES string of the molecule is COc1cc(CC2CCCN2)ccc1S(C)(=O)=O. The number of rotatable bonds is 4. The minimum Gasteiger partial charge on any atom is -0.495 e. The van der Waals surface area contributed by atoms with E-state index in [2.05, 4.69) is 5.32 Å². The molecular weight excluding hydrogens is 250 g/mol. The molecule has 1 fully saturated rings. The van der Waals surface area contributed by atoms with Crippen molar-refractivity contribution in [3.05, 3.63) is 23.8 Å². The lowest BCUT2D eigenvalue weighted by molar-refractivity contribution is 0.402. The van der Waals surface area contributed by atoms with Crippen LogP contribution in [0.5, 0.6) is 5.75 Å². The van der Waals surface area contributed by atoms with Crippen LogP contribution in [0.1, 0.15) is 18.4 Å². The van der Waals surface area contributed by atoms with E-state index in [-0.39, 0.29) is 4.90 Å². The fourth-order valence-corrected chi connectivity index (χ4v) is 3.18. The van der Waals surface area contributed by atoms with Crippen molar-refractivity contribution in [3.8, 4) is 5.75 Å². The number of methoxy groups -OCH3 is 1. The van der Waals surface area contributed by atoms with E-state index in [4.69, 9.17) is 4.74 Å². The van der Waals surface area contributed by atoms with E-state index in [1.807, 2.05) is 12.1 Å². The highest BCUT2D eigenvalue weighted by molar-refractivity contribution is 7.90. The number of benzene rings is 1. The Labute approximate surface area is 108 Å². The van der Waals surface area contributed by atoms with Crippen molar-refractivity contribution in [1.29, 1.82) is 0 Å². The largest absolute Gasteiger partial charge is 0.495 e. The highest BCUT2D eigenvalue weighted by Gasteiger charge is 2.18. The van der Waals surface area contributed by atoms with Gasteiger partial charge < -0.3 is 10.1 Å². The molecule has 0 amide bonds. The van der Waals surface area contributed by atoms with Gasteiger partial charge in [-0.2, -0.15) is 0 Å². The van der Waals surface area contributed by atoms with E-state index in [0.29, 0.717) is 11.8 Å². The summed E-state index contributed by atoms with van der Waals surface area (Å²) < 4.78 is 28.3. The van der Waals surface area contributed by atoms with Crippen LogP contribution in [0.2, 0.25) is 0 Å². The second-order valence-electron chi connectivity index (χ2n) is 4.75. The molecule has 1 unspecified atom stereocenters. The summed E-state index contributed by atoms with van der Waals surface area (Å²) in [6.07, 6.45) is 4.50. The summed E-state index contributed by atoms with van der Waals surface area (Å²) in [7, 11) is -1.73. The summed E-state index contributed by atoms with van der Waals surface area (Å²) in [5, 5.41) is 3.43. The molecule has 100 valence electrons. The van der Waals surface area contributed by atoms with Gasteiger partial charge in [0.05, 0.1) is 7.11 Å². The Hall–Kier alpha value is -1.07. The fraction of sp³-hybridized carbons (Fsp3) is 0.538. The van der Waals surface area contributed by atoms with Gasteiger partial charge in [0.2, 0.25) is 0 Å². The summed E-state index contributed by atoms with van der Waals surface area (Å²) in [5.41, 5.74) is 1.11. The van der Waals surface area contributed by atoms with Crippen LogP contribution >= 0.6 is 0 Å². The van der Waals surface area contributed by atoms with Crippen molar-refractivity contribution in [2.45, 2.75) is 30.2 Å². The summed E-state index contributed by atoms with van der Waals surface area (Å²) in [5.74, 6) is 0.438. The zero-order chi connectivity index (χ0) is 13.2. The van der Waals surface area contributed by atoms with Gasteiger partial charge in [0.1, 0.15) is 10.6 Å². The molecule has 1 aliphatic rings. The van der Waals surface area contributed by atoms with E-state index < -0.39 is 9.84 Å². The van der Waals surface area contributed by atoms with Gasteiger partial charge in [-0.05, 0) is 43.5 Å². The Bertz CT molecular complexity index is 519. The summed E-state index contributed by atoms with van der Waals surface area (Å²) in [4.78, 5) is 0.258. The van der Waals surface area contributed by atoms with Crippen LogP contribution in [0.25, 0.3) is 0 Å². The normalized spacial score (nSPS) is 20.0. The Morgan fingerprint density at radius 1 is 1.44 bits per heavy atom. The molecule has 0 aromatic heterocycles. The van der Waals surface area contributed by atoms with Gasteiger partial charge in [-0.15, -0.1) is 0 Å². The molecule has 4 nitrogen and oxygen atoms in total. The van der Waals surface area contributed by atoms with E-state index >= 15 is 0 Å². The third-order valence-corrected chi connectivity index (χ3v) is 4.41. The van der Waals surface area contributed by atoms with Gasteiger partial charge in [-0.25, -0.2) is 8.42 Å². The molecule has 1 heterocycles. The zero-order valence-electron chi connectivity index (χ0n) is 10.8. The minimum absolute atomic E-state index is 0.258. The maximum Gasteiger partial charge on any atom is 0.179 e. The predicted octanol–water partition coefficient (Wildman–Crippen LogP) is 1.39. The molecule has 5 heteroatoms. The Kier molecular flexibility index (Phi) is 3.92. The highest BCUT2D eigenvalue weighted by Crippen LogP contribution is 2.26. The standard InChI is InChI=1S/C13H19NO3S/c1-17-12-9-10(8-11-4-3-7-14-11)5-6-13(12)18(2,15)16/h5-6,9,11,14H,3-4,7-8H2,1-2H3. The van der Waals surface area contributed by atoms with Gasteiger partial charge in [-0.3, -0.25) is 0 Å². The molecule has 0 bridgehead atoms. The minimum atomic E-state index is -3.23. The Balaban J connectivity index is 2.24. The molecule has 0 saturated carbocycles. The molecule has 1 atom stereocenters. The molecule has 18 heavy (non-hydrogen) atoms. The third kappa shape index (κ3) is 3.03. The first-order valence-electron chi connectivity index (χ1n) is 6.11. The molecular formula is C13H19NO3S. The molecule has 1 saturated heterocycles. The fourth-order valence-electron chi connectivity index (χ4n) is 2.36. The average molecular weight is 269 g/mol.